The van der Waals surface area contributed by atoms with Gasteiger partial charge in [0.2, 0.25) is 5.88 Å². The maximum Gasteiger partial charge on any atom is 0.286 e. The molecule has 0 saturated heterocycles. The van der Waals surface area contributed by atoms with Crippen molar-refractivity contribution < 1.29 is 74.3 Å². The van der Waals surface area contributed by atoms with Crippen LogP contribution in [0.5, 0.6) is 63.4 Å². The average molecular weight is 1700 g/mol. The van der Waals surface area contributed by atoms with Gasteiger partial charge in [-0.1, -0.05) is 54.9 Å². The number of aryl methyl sites for hydroxylation is 3. The Labute approximate surface area is 711 Å². The van der Waals surface area contributed by atoms with E-state index in [0.29, 0.717) is 68.0 Å². The molecule has 124 heavy (non-hydrogen) atoms. The molecule has 10 aromatic heterocycles. The van der Waals surface area contributed by atoms with Crippen LogP contribution < -0.4 is 28.4 Å². The molecule has 0 radical (unpaired) electrons. The molecule has 26 nitrogen and oxygen atoms in total. The van der Waals surface area contributed by atoms with E-state index in [0.717, 1.165) is 59.8 Å². The fourth-order valence-corrected chi connectivity index (χ4v) is 11.5. The van der Waals surface area contributed by atoms with Crippen molar-refractivity contribution in [3.63, 3.8) is 0 Å². The van der Waals surface area contributed by atoms with Crippen molar-refractivity contribution in [1.29, 1.82) is 0 Å². The number of hydrogen-bond donors (Lipinski definition) is 0. The molecule has 0 amide bonds. The van der Waals surface area contributed by atoms with Gasteiger partial charge in [-0.15, -0.1) is 0 Å². The number of rotatable bonds is 28. The Morgan fingerprint density at radius 3 is 1.27 bits per heavy atom. The Hall–Kier alpha value is -15.7. The molecule has 0 saturated carbocycles. The normalized spacial score (nSPS) is 10.6. The van der Waals surface area contributed by atoms with E-state index in [1.807, 2.05) is 63.2 Å². The number of nitrogens with zero attached hydrogens (tertiary/aromatic N) is 15. The van der Waals surface area contributed by atoms with Gasteiger partial charge in [-0.2, -0.15) is 8.78 Å². The Kier molecular flexibility index (Phi) is 31.9. The molecule has 32 heteroatoms. The highest BCUT2D eigenvalue weighted by Crippen LogP contribution is 2.31. The van der Waals surface area contributed by atoms with E-state index >= 15 is 0 Å². The quantitative estimate of drug-likeness (QED) is 0.0325. The van der Waals surface area contributed by atoms with Crippen LogP contribution in [0.4, 0.5) is 22.0 Å². The van der Waals surface area contributed by atoms with Crippen molar-refractivity contribution in [1.82, 2.24) is 74.8 Å². The monoisotopic (exact) mass is 1690 g/mol. The van der Waals surface area contributed by atoms with Crippen molar-refractivity contribution in [2.45, 2.75) is 72.1 Å². The summed E-state index contributed by atoms with van der Waals surface area (Å²) in [6.45, 7) is 6.53. The van der Waals surface area contributed by atoms with Crippen LogP contribution in [0, 0.1) is 31.3 Å². The summed E-state index contributed by atoms with van der Waals surface area (Å²) in [6.07, 6.45) is 26.5. The van der Waals surface area contributed by atoms with Crippen LogP contribution >= 0.6 is 11.6 Å². The minimum atomic E-state index is -3.11. The predicted octanol–water partition coefficient (Wildman–Crippen LogP) is 18.8. The van der Waals surface area contributed by atoms with E-state index in [1.165, 1.54) is 137 Å². The molecular formula is C92H73ClF5N15O11. The Bertz CT molecular complexity index is 6000. The predicted molar refractivity (Wildman–Crippen MR) is 444 cm³/mol. The third-order valence-electron chi connectivity index (χ3n) is 16.8. The lowest BCUT2D eigenvalue weighted by atomic mass is 10.0. The summed E-state index contributed by atoms with van der Waals surface area (Å²) < 4.78 is 101. The molecule has 0 aliphatic rings. The number of hydrogen-bond acceptors (Lipinski definition) is 26. The minimum Gasteiger partial charge on any atom is -0.481 e. The molecule has 0 atom stereocenters. The zero-order valence-corrected chi connectivity index (χ0v) is 67.5. The number of methoxy groups -OCH3 is 1. The van der Waals surface area contributed by atoms with Gasteiger partial charge in [0.15, 0.2) is 51.9 Å². The first-order chi connectivity index (χ1) is 59.9. The van der Waals surface area contributed by atoms with Gasteiger partial charge < -0.3 is 28.4 Å². The van der Waals surface area contributed by atoms with Crippen molar-refractivity contribution in [3.05, 3.63) is 383 Å². The largest absolute Gasteiger partial charge is 0.481 e. The van der Waals surface area contributed by atoms with Crippen molar-refractivity contribution in [3.8, 4) is 63.4 Å². The van der Waals surface area contributed by atoms with Gasteiger partial charge in [-0.05, 0) is 147 Å². The average Bonchev–Trinajstić information content (AvgIpc) is 0.850. The Balaban J connectivity index is 0.000000151. The smallest absolute Gasteiger partial charge is 0.286 e. The van der Waals surface area contributed by atoms with Gasteiger partial charge in [-0.25, -0.2) is 68.0 Å². The van der Waals surface area contributed by atoms with Crippen LogP contribution in [0.15, 0.2) is 282 Å². The summed E-state index contributed by atoms with van der Waals surface area (Å²) in [4.78, 5) is 122. The molecule has 0 N–H and O–H groups in total. The summed E-state index contributed by atoms with van der Waals surface area (Å²) in [7, 11) is 1.50. The maximum absolute atomic E-state index is 13.9. The fourth-order valence-electron chi connectivity index (χ4n) is 11.3. The minimum absolute atomic E-state index is 0.0207. The summed E-state index contributed by atoms with van der Waals surface area (Å²) in [5.74, 6) is -1.47. The molecule has 0 bridgehead atoms. The zero-order chi connectivity index (χ0) is 87.7. The highest BCUT2D eigenvalue weighted by Gasteiger charge is 2.27. The van der Waals surface area contributed by atoms with Crippen LogP contribution in [0.25, 0.3) is 0 Å². The molecule has 0 aliphatic heterocycles. The topological polar surface area (TPSA) is 334 Å². The molecule has 15 aromatic rings. The highest BCUT2D eigenvalue weighted by atomic mass is 35.5. The van der Waals surface area contributed by atoms with Crippen molar-refractivity contribution in [2.75, 3.05) is 7.11 Å². The van der Waals surface area contributed by atoms with Crippen molar-refractivity contribution in [2.24, 2.45) is 0 Å². The van der Waals surface area contributed by atoms with E-state index in [4.69, 9.17) is 40.0 Å². The van der Waals surface area contributed by atoms with Crippen LogP contribution in [0.2, 0.25) is 5.02 Å². The maximum atomic E-state index is 13.9. The number of halogens is 6. The number of aromatic nitrogens is 15. The summed E-state index contributed by atoms with van der Waals surface area (Å²) in [6, 6.07) is 45.5. The third-order valence-corrected chi connectivity index (χ3v) is 17.1. The molecule has 0 unspecified atom stereocenters. The van der Waals surface area contributed by atoms with Gasteiger partial charge in [0.05, 0.1) is 94.3 Å². The van der Waals surface area contributed by atoms with Gasteiger partial charge in [0.25, 0.3) is 5.92 Å². The van der Waals surface area contributed by atoms with Crippen molar-refractivity contribution >= 4 is 40.5 Å². The summed E-state index contributed by atoms with van der Waals surface area (Å²) in [5, 5.41) is 0.401. The van der Waals surface area contributed by atoms with Crippen LogP contribution in [-0.4, -0.2) is 111 Å². The molecule has 624 valence electrons. The second kappa shape index (κ2) is 44.4. The molecule has 0 spiro atoms. The number of Topliss-reactive ketones (excluding diaryl/α,β-unsaturated/α-hetero) is 5. The van der Waals surface area contributed by atoms with Crippen LogP contribution in [0.3, 0.4) is 0 Å². The fraction of sp³-hybridized carbons (Fsp3) is 0.130. The molecule has 10 heterocycles. The lowest BCUT2D eigenvalue weighted by molar-refractivity contribution is 0.0125. The van der Waals surface area contributed by atoms with E-state index in [1.54, 1.807) is 91.6 Å². The number of pyridine rings is 5. The molecule has 0 fully saturated rings. The number of ether oxygens (including phenoxy) is 6. The number of carbonyl (C=O) groups excluding carboxylic acids is 5. The first kappa shape index (κ1) is 89.1. The van der Waals surface area contributed by atoms with Gasteiger partial charge in [0.1, 0.15) is 88.8 Å². The number of alkyl halides is 2. The Morgan fingerprint density at radius 1 is 0.363 bits per heavy atom. The molecular weight excluding hydrogens is 1620 g/mol. The highest BCUT2D eigenvalue weighted by molar-refractivity contribution is 6.31. The van der Waals surface area contributed by atoms with E-state index < -0.39 is 34.9 Å². The van der Waals surface area contributed by atoms with Gasteiger partial charge in [0, 0.05) is 118 Å². The van der Waals surface area contributed by atoms with E-state index in [9.17, 15) is 45.9 Å². The lowest BCUT2D eigenvalue weighted by Crippen LogP contribution is -2.12. The third kappa shape index (κ3) is 28.8. The summed E-state index contributed by atoms with van der Waals surface area (Å²) >= 11 is 6.09. The number of ketones is 5. The summed E-state index contributed by atoms with van der Waals surface area (Å²) in [5.41, 5.74) is 6.13. The lowest BCUT2D eigenvalue weighted by Gasteiger charge is -2.11. The Morgan fingerprint density at radius 2 is 0.782 bits per heavy atom. The molecule has 5 aromatic carbocycles. The first-order valence-electron chi connectivity index (χ1n) is 37.7. The second-order valence-corrected chi connectivity index (χ2v) is 27.2. The number of benzene rings is 5. The second-order valence-electron chi connectivity index (χ2n) is 26.8. The SMILES string of the molecule is CC(F)(F)c1cccc(CC(=O)c2cc(F)cc(Oc3cncnc3)c2)n1.CCc1cccc(CC(=O)c2cccc(Oc3cccnc3)c2)n1.COc1cccc(CC(=O)c2cc(F)cc(Oc3cncnc3)c2)n1.Cc1ccnc(CC(=O)c2cc(Cl)cc(Oc3cncnc3)c2)n1.Cc1cncc(CC(=O)c2cc(F)cc(Oc3cncnc3)c2)c1. The van der Waals surface area contributed by atoms with Gasteiger partial charge in [-0.3, -0.25) is 43.9 Å². The van der Waals surface area contributed by atoms with Crippen LogP contribution in [0.1, 0.15) is 117 Å². The first-order valence-corrected chi connectivity index (χ1v) is 38.0. The standard InChI is InChI=1S/C20H18N2O2.C19H14F3N3O2.C18H14FN3O3.C18H14FN3O2.C17H13ClN4O2/c1-2-16-7-4-8-17(22-16)13-20(23)15-6-3-9-18(12-15)24-19-10-5-11-21-14-19;1-19(21,22)18-4-2-3-14(25-18)8-17(26)12-5-13(20)7-15(6-12)27-16-9-23-11-24-10-16;1-24-18-4-2-3-14(22-18)8-17(23)12-5-13(19)7-15(6-12)25-16-9-20-11-21-10-16;1-12-2-13(8-20-7-12)3-18(23)14-4-15(19)6-16(5-14)24-17-9-21-11-22-10-17;1-11-2-3-21-17(22-11)7-16(23)12-4-13(18)6-14(5-12)24-15-8-19-10-20-9-15/h3-12,14H,2,13H2,1H3;2-7,9-11H,8H2,1H3;2-7,9-11H,8H2,1H3;2,4-11H,3H2,1H3;2-6,8-10H,7H2,1H3. The zero-order valence-electron chi connectivity index (χ0n) is 66.8. The molecule has 0 aliphatic carbocycles. The van der Waals surface area contributed by atoms with Crippen LogP contribution in [-0.2, 0) is 44.4 Å². The van der Waals surface area contributed by atoms with E-state index in [2.05, 4.69) is 74.8 Å². The van der Waals surface area contributed by atoms with Gasteiger partial charge >= 0.3 is 0 Å². The number of carbonyl (C=O) groups is 5. The molecule has 15 rings (SSSR count). The van der Waals surface area contributed by atoms with E-state index in [-0.39, 0.29) is 101 Å².